The molecular weight excluding hydrogens is 384 g/mol. The third-order valence-corrected chi connectivity index (χ3v) is 5.96. The van der Waals surface area contributed by atoms with E-state index >= 15 is 0 Å². The summed E-state index contributed by atoms with van der Waals surface area (Å²) in [5.74, 6) is 0.914. The van der Waals surface area contributed by atoms with Crippen LogP contribution in [0.2, 0.25) is 0 Å². The van der Waals surface area contributed by atoms with Crippen LogP contribution in [0.15, 0.2) is 50.5 Å². The first-order chi connectivity index (χ1) is 13.2. The molecule has 0 saturated heterocycles. The van der Waals surface area contributed by atoms with Gasteiger partial charge in [0.05, 0.1) is 22.2 Å². The summed E-state index contributed by atoms with van der Waals surface area (Å²) in [6.45, 7) is 0.371. The van der Waals surface area contributed by atoms with Gasteiger partial charge in [0.2, 0.25) is 0 Å². The molecule has 2 N–H and O–H groups in total. The van der Waals surface area contributed by atoms with Gasteiger partial charge in [-0.3, -0.25) is 14.2 Å². The molecule has 0 atom stereocenters. The van der Waals surface area contributed by atoms with E-state index < -0.39 is 0 Å². The molecule has 7 nitrogen and oxygen atoms in total. The molecule has 0 spiro atoms. The highest BCUT2D eigenvalue weighted by molar-refractivity contribution is 7.98. The Balaban J connectivity index is 1.71. The van der Waals surface area contributed by atoms with Crippen molar-refractivity contribution in [2.24, 2.45) is 0 Å². The molecule has 1 aromatic carbocycles. The van der Waals surface area contributed by atoms with Crippen molar-refractivity contribution >= 4 is 44.2 Å². The van der Waals surface area contributed by atoms with E-state index in [-0.39, 0.29) is 17.7 Å². The van der Waals surface area contributed by atoms with Crippen molar-refractivity contribution in [3.05, 3.63) is 62.2 Å². The number of rotatable bonds is 6. The molecule has 0 saturated carbocycles. The van der Waals surface area contributed by atoms with Gasteiger partial charge in [0.1, 0.15) is 10.5 Å². The maximum Gasteiger partial charge on any atom is 0.268 e. The second-order valence-electron chi connectivity index (χ2n) is 5.88. The summed E-state index contributed by atoms with van der Waals surface area (Å²) in [4.78, 5) is 36.8. The fourth-order valence-corrected chi connectivity index (χ4v) is 4.43. The van der Waals surface area contributed by atoms with E-state index in [1.807, 2.05) is 17.5 Å². The number of thiophene rings is 1. The first kappa shape index (κ1) is 17.9. The minimum absolute atomic E-state index is 0.00687. The van der Waals surface area contributed by atoms with Crippen molar-refractivity contribution in [3.63, 3.8) is 0 Å². The van der Waals surface area contributed by atoms with Gasteiger partial charge in [0.15, 0.2) is 5.16 Å². The zero-order valence-electron chi connectivity index (χ0n) is 14.2. The quantitative estimate of drug-likeness (QED) is 0.381. The van der Waals surface area contributed by atoms with Crippen molar-refractivity contribution < 1.29 is 5.11 Å². The molecule has 0 amide bonds. The van der Waals surface area contributed by atoms with Crippen LogP contribution >= 0.6 is 23.1 Å². The lowest BCUT2D eigenvalue weighted by molar-refractivity contribution is 0.276. The molecular formula is C18H16N4O3S2. The van der Waals surface area contributed by atoms with Crippen LogP contribution < -0.4 is 11.1 Å². The van der Waals surface area contributed by atoms with E-state index in [9.17, 15) is 9.59 Å². The van der Waals surface area contributed by atoms with E-state index in [2.05, 4.69) is 15.0 Å². The molecule has 9 heteroatoms. The molecule has 0 fully saturated rings. The molecule has 0 aliphatic rings. The van der Waals surface area contributed by atoms with E-state index in [1.165, 1.54) is 23.1 Å². The van der Waals surface area contributed by atoms with Gasteiger partial charge in [-0.15, -0.1) is 11.3 Å². The SMILES string of the molecule is O=c1[nH]c(CSc2nc3ccccc3c(=O)n2CCCO)nc2ccsc12. The van der Waals surface area contributed by atoms with Crippen LogP contribution in [-0.2, 0) is 12.3 Å². The molecule has 0 unspecified atom stereocenters. The summed E-state index contributed by atoms with van der Waals surface area (Å²) >= 11 is 2.70. The fraction of sp³-hybridized carbons (Fsp3) is 0.222. The number of aliphatic hydroxyl groups excluding tert-OH is 1. The molecule has 4 aromatic rings. The van der Waals surface area contributed by atoms with Gasteiger partial charge in [-0.25, -0.2) is 9.97 Å². The Morgan fingerprint density at radius 1 is 1.15 bits per heavy atom. The molecule has 3 aromatic heterocycles. The molecule has 4 rings (SSSR count). The summed E-state index contributed by atoms with van der Waals surface area (Å²) in [6.07, 6.45) is 0.462. The summed E-state index contributed by atoms with van der Waals surface area (Å²) < 4.78 is 2.18. The molecule has 27 heavy (non-hydrogen) atoms. The highest BCUT2D eigenvalue weighted by Gasteiger charge is 2.13. The number of nitrogens with zero attached hydrogens (tertiary/aromatic N) is 3. The first-order valence-corrected chi connectivity index (χ1v) is 10.2. The van der Waals surface area contributed by atoms with Crippen LogP contribution in [-0.4, -0.2) is 31.2 Å². The van der Waals surface area contributed by atoms with Crippen LogP contribution in [0.4, 0.5) is 0 Å². The average Bonchev–Trinajstić information content (AvgIpc) is 3.15. The highest BCUT2D eigenvalue weighted by atomic mass is 32.2. The maximum atomic E-state index is 12.8. The smallest absolute Gasteiger partial charge is 0.268 e. The Bertz CT molecular complexity index is 1230. The van der Waals surface area contributed by atoms with Gasteiger partial charge >= 0.3 is 0 Å². The van der Waals surface area contributed by atoms with E-state index in [0.717, 1.165) is 0 Å². The van der Waals surface area contributed by atoms with Crippen LogP contribution in [0.1, 0.15) is 12.2 Å². The third-order valence-electron chi connectivity index (χ3n) is 4.07. The number of fused-ring (bicyclic) bond motifs is 2. The van der Waals surface area contributed by atoms with Crippen molar-refractivity contribution in [1.82, 2.24) is 19.5 Å². The Kier molecular flexibility index (Phi) is 5.06. The third kappa shape index (κ3) is 3.53. The monoisotopic (exact) mass is 400 g/mol. The lowest BCUT2D eigenvalue weighted by atomic mass is 10.2. The van der Waals surface area contributed by atoms with Crippen LogP contribution in [0, 0.1) is 0 Å². The summed E-state index contributed by atoms with van der Waals surface area (Å²) in [5, 5.41) is 12.1. The van der Waals surface area contributed by atoms with Crippen molar-refractivity contribution in [2.45, 2.75) is 23.9 Å². The number of aromatic nitrogens is 4. The zero-order chi connectivity index (χ0) is 18.8. The highest BCUT2D eigenvalue weighted by Crippen LogP contribution is 2.22. The Morgan fingerprint density at radius 2 is 2.00 bits per heavy atom. The number of aliphatic hydroxyl groups is 1. The van der Waals surface area contributed by atoms with Crippen molar-refractivity contribution in [1.29, 1.82) is 0 Å². The van der Waals surface area contributed by atoms with E-state index in [1.54, 1.807) is 22.8 Å². The molecule has 138 valence electrons. The lowest BCUT2D eigenvalue weighted by Crippen LogP contribution is -2.24. The Morgan fingerprint density at radius 3 is 2.85 bits per heavy atom. The second kappa shape index (κ2) is 7.63. The van der Waals surface area contributed by atoms with Crippen molar-refractivity contribution in [2.75, 3.05) is 6.61 Å². The fourth-order valence-electron chi connectivity index (χ4n) is 2.81. The number of para-hydroxylation sites is 1. The normalized spacial score (nSPS) is 11.4. The minimum Gasteiger partial charge on any atom is -0.396 e. The lowest BCUT2D eigenvalue weighted by Gasteiger charge is -2.12. The maximum absolute atomic E-state index is 12.8. The summed E-state index contributed by atoms with van der Waals surface area (Å²) in [5.41, 5.74) is 1.00. The Labute approximate surface area is 161 Å². The number of nitrogens with one attached hydrogen (secondary N) is 1. The number of hydrogen-bond donors (Lipinski definition) is 2. The molecule has 0 aliphatic heterocycles. The van der Waals surface area contributed by atoms with Gasteiger partial charge < -0.3 is 10.1 Å². The molecule has 3 heterocycles. The zero-order valence-corrected chi connectivity index (χ0v) is 15.8. The number of H-pyrrole nitrogens is 1. The number of hydrogen-bond acceptors (Lipinski definition) is 7. The predicted molar refractivity (Wildman–Crippen MR) is 108 cm³/mol. The van der Waals surface area contributed by atoms with Gasteiger partial charge in [0, 0.05) is 13.2 Å². The van der Waals surface area contributed by atoms with Crippen molar-refractivity contribution in [3.8, 4) is 0 Å². The number of thioether (sulfide) groups is 1. The van der Waals surface area contributed by atoms with Gasteiger partial charge in [-0.05, 0) is 30.0 Å². The molecule has 0 radical (unpaired) electrons. The summed E-state index contributed by atoms with van der Waals surface area (Å²) in [6, 6.07) is 9.01. The van der Waals surface area contributed by atoms with Crippen LogP contribution in [0.25, 0.3) is 21.1 Å². The summed E-state index contributed by atoms with van der Waals surface area (Å²) in [7, 11) is 0. The van der Waals surface area contributed by atoms with E-state index in [4.69, 9.17) is 5.11 Å². The minimum atomic E-state index is -0.158. The average molecular weight is 400 g/mol. The van der Waals surface area contributed by atoms with E-state index in [0.29, 0.717) is 50.8 Å². The molecule has 0 bridgehead atoms. The Hall–Kier alpha value is -2.49. The van der Waals surface area contributed by atoms with Crippen LogP contribution in [0.5, 0.6) is 0 Å². The second-order valence-corrected chi connectivity index (χ2v) is 7.74. The van der Waals surface area contributed by atoms with Gasteiger partial charge in [0.25, 0.3) is 11.1 Å². The van der Waals surface area contributed by atoms with Gasteiger partial charge in [-0.1, -0.05) is 23.9 Å². The largest absolute Gasteiger partial charge is 0.396 e. The van der Waals surface area contributed by atoms with Crippen LogP contribution in [0.3, 0.4) is 0 Å². The van der Waals surface area contributed by atoms with Gasteiger partial charge in [-0.2, -0.15) is 0 Å². The standard InChI is InChI=1S/C18H16N4O3S2/c23-8-3-7-22-17(25)11-4-1-2-5-12(11)20-18(22)27-10-14-19-13-6-9-26-15(13)16(24)21-14/h1-2,4-6,9,23H,3,7-8,10H2,(H,19,21,24). The number of aromatic amines is 1. The predicted octanol–water partition coefficient (Wildman–Crippen LogP) is 2.37. The molecule has 0 aliphatic carbocycles. The number of benzene rings is 1. The first-order valence-electron chi connectivity index (χ1n) is 8.37. The topological polar surface area (TPSA) is 101 Å².